The molecule has 0 spiro atoms. The van der Waals surface area contributed by atoms with Crippen molar-refractivity contribution < 1.29 is 10.2 Å². The lowest BCUT2D eigenvalue weighted by molar-refractivity contribution is -0.133. The minimum absolute atomic E-state index is 0.0231. The summed E-state index contributed by atoms with van der Waals surface area (Å²) >= 11 is 0. The molecule has 4 aliphatic rings. The Morgan fingerprint density at radius 1 is 0.969 bits per heavy atom. The van der Waals surface area contributed by atoms with E-state index >= 15 is 0 Å². The van der Waals surface area contributed by atoms with Crippen LogP contribution in [0.2, 0.25) is 0 Å². The average molecular weight is 443 g/mol. The molecule has 8 unspecified atom stereocenters. The maximum Gasteiger partial charge on any atom is 0.0689 e. The van der Waals surface area contributed by atoms with Crippen LogP contribution in [0, 0.1) is 39.9 Å². The molecule has 2 saturated carbocycles. The van der Waals surface area contributed by atoms with E-state index in [-0.39, 0.29) is 22.3 Å². The van der Waals surface area contributed by atoms with Crippen LogP contribution in [0.25, 0.3) is 0 Å². The Hall–Kier alpha value is -0.600. The lowest BCUT2D eigenvalue weighted by Crippen LogP contribution is -2.54. The second kappa shape index (κ2) is 7.98. The van der Waals surface area contributed by atoms with Gasteiger partial charge < -0.3 is 10.2 Å². The summed E-state index contributed by atoms with van der Waals surface area (Å²) in [5.41, 5.74) is 4.52. The van der Waals surface area contributed by atoms with Gasteiger partial charge >= 0.3 is 0 Å². The van der Waals surface area contributed by atoms with Gasteiger partial charge in [0.25, 0.3) is 0 Å². The molecule has 2 N–H and O–H groups in total. The molecule has 8 atom stereocenters. The maximum absolute atomic E-state index is 12.1. The van der Waals surface area contributed by atoms with Crippen molar-refractivity contribution in [3.05, 3.63) is 22.8 Å². The van der Waals surface area contributed by atoms with E-state index in [4.69, 9.17) is 0 Å². The SMILES string of the molecule is CC(C)=CCCC(C)C1CCC2(C)C3=C(CC2C1(C)O)C1(C)CCC(O)C(C)(C)C1CC3. The van der Waals surface area contributed by atoms with Crippen LogP contribution < -0.4 is 0 Å². The fourth-order valence-electron chi connectivity index (χ4n) is 9.38. The Labute approximate surface area is 198 Å². The Balaban J connectivity index is 1.62. The third kappa shape index (κ3) is 3.49. The number of aliphatic hydroxyl groups is 2. The molecule has 182 valence electrons. The van der Waals surface area contributed by atoms with Gasteiger partial charge in [0.05, 0.1) is 11.7 Å². The van der Waals surface area contributed by atoms with Crippen LogP contribution in [0.15, 0.2) is 22.8 Å². The zero-order chi connectivity index (χ0) is 23.7. The number of allylic oxidation sites excluding steroid dienone is 4. The van der Waals surface area contributed by atoms with Gasteiger partial charge in [0.2, 0.25) is 0 Å². The summed E-state index contributed by atoms with van der Waals surface area (Å²) in [6.07, 6.45) is 12.3. The number of aliphatic hydroxyl groups excluding tert-OH is 1. The molecular formula is C30H50O2. The highest BCUT2D eigenvalue weighted by atomic mass is 16.3. The van der Waals surface area contributed by atoms with Crippen LogP contribution in [0.3, 0.4) is 0 Å². The molecule has 0 aromatic carbocycles. The van der Waals surface area contributed by atoms with Gasteiger partial charge in [-0.1, -0.05) is 57.4 Å². The lowest BCUT2D eigenvalue weighted by Gasteiger charge is -2.57. The van der Waals surface area contributed by atoms with Crippen molar-refractivity contribution in [3.8, 4) is 0 Å². The summed E-state index contributed by atoms with van der Waals surface area (Å²) in [4.78, 5) is 0. The Morgan fingerprint density at radius 2 is 1.59 bits per heavy atom. The molecule has 4 rings (SSSR count). The van der Waals surface area contributed by atoms with Crippen LogP contribution >= 0.6 is 0 Å². The predicted molar refractivity (Wildman–Crippen MR) is 134 cm³/mol. The second-order valence-electron chi connectivity index (χ2n) is 13.7. The molecule has 0 aromatic rings. The van der Waals surface area contributed by atoms with E-state index in [1.807, 2.05) is 0 Å². The summed E-state index contributed by atoms with van der Waals surface area (Å²) in [6.45, 7) is 18.5. The van der Waals surface area contributed by atoms with Gasteiger partial charge in [0, 0.05) is 5.92 Å². The van der Waals surface area contributed by atoms with Crippen molar-refractivity contribution in [1.82, 2.24) is 0 Å². The molecule has 2 heteroatoms. The summed E-state index contributed by atoms with van der Waals surface area (Å²) in [5, 5.41) is 22.9. The summed E-state index contributed by atoms with van der Waals surface area (Å²) in [6, 6.07) is 0. The first-order chi connectivity index (χ1) is 14.8. The normalized spacial score (nSPS) is 46.2. The molecule has 4 aliphatic carbocycles. The van der Waals surface area contributed by atoms with E-state index in [0.717, 1.165) is 32.1 Å². The third-order valence-electron chi connectivity index (χ3n) is 11.4. The highest BCUT2D eigenvalue weighted by molar-refractivity contribution is 5.40. The minimum Gasteiger partial charge on any atom is -0.393 e. The van der Waals surface area contributed by atoms with Crippen molar-refractivity contribution in [2.45, 2.75) is 125 Å². The Kier molecular flexibility index (Phi) is 6.11. The molecule has 0 radical (unpaired) electrons. The third-order valence-corrected chi connectivity index (χ3v) is 11.4. The molecular weight excluding hydrogens is 392 g/mol. The predicted octanol–water partition coefficient (Wildman–Crippen LogP) is 7.45. The van der Waals surface area contributed by atoms with E-state index in [9.17, 15) is 10.2 Å². The molecule has 0 heterocycles. The topological polar surface area (TPSA) is 40.5 Å². The van der Waals surface area contributed by atoms with Crippen LogP contribution in [-0.2, 0) is 0 Å². The molecule has 2 nitrogen and oxygen atoms in total. The van der Waals surface area contributed by atoms with E-state index in [1.54, 1.807) is 11.1 Å². The fraction of sp³-hybridized carbons (Fsp3) is 0.867. The van der Waals surface area contributed by atoms with Crippen LogP contribution in [0.1, 0.15) is 113 Å². The molecule has 0 aromatic heterocycles. The van der Waals surface area contributed by atoms with E-state index in [0.29, 0.717) is 23.7 Å². The number of hydrogen-bond donors (Lipinski definition) is 2. The first-order valence-electron chi connectivity index (χ1n) is 13.5. The van der Waals surface area contributed by atoms with Crippen LogP contribution in [0.5, 0.6) is 0 Å². The number of hydrogen-bond acceptors (Lipinski definition) is 2. The zero-order valence-corrected chi connectivity index (χ0v) is 22.2. The Morgan fingerprint density at radius 3 is 2.25 bits per heavy atom. The van der Waals surface area contributed by atoms with Crippen molar-refractivity contribution in [1.29, 1.82) is 0 Å². The van der Waals surface area contributed by atoms with Gasteiger partial charge in [-0.3, -0.25) is 0 Å². The van der Waals surface area contributed by atoms with Crippen LogP contribution in [0.4, 0.5) is 0 Å². The molecule has 2 fully saturated rings. The minimum atomic E-state index is -0.607. The lowest BCUT2D eigenvalue weighted by atomic mass is 9.49. The van der Waals surface area contributed by atoms with Gasteiger partial charge in [-0.25, -0.2) is 0 Å². The van der Waals surface area contributed by atoms with Gasteiger partial charge in [-0.2, -0.15) is 0 Å². The highest BCUT2D eigenvalue weighted by Crippen LogP contribution is 2.70. The van der Waals surface area contributed by atoms with Crippen molar-refractivity contribution in [3.63, 3.8) is 0 Å². The van der Waals surface area contributed by atoms with Gasteiger partial charge in [0.15, 0.2) is 0 Å². The van der Waals surface area contributed by atoms with E-state index in [1.165, 1.54) is 31.3 Å². The summed E-state index contributed by atoms with van der Waals surface area (Å²) < 4.78 is 0. The number of rotatable bonds is 4. The molecule has 32 heavy (non-hydrogen) atoms. The average Bonchev–Trinajstić information content (AvgIpc) is 3.00. The van der Waals surface area contributed by atoms with Gasteiger partial charge in [0.1, 0.15) is 0 Å². The fourth-order valence-corrected chi connectivity index (χ4v) is 9.38. The smallest absolute Gasteiger partial charge is 0.0689 e. The summed E-state index contributed by atoms with van der Waals surface area (Å²) in [7, 11) is 0. The second-order valence-corrected chi connectivity index (χ2v) is 13.7. The van der Waals surface area contributed by atoms with Crippen molar-refractivity contribution in [2.75, 3.05) is 0 Å². The summed E-state index contributed by atoms with van der Waals surface area (Å²) in [5.74, 6) is 1.83. The Bertz CT molecular complexity index is 798. The molecule has 0 bridgehead atoms. The van der Waals surface area contributed by atoms with Gasteiger partial charge in [-0.15, -0.1) is 0 Å². The standard InChI is InChI=1S/C30H50O2/c1-19(2)10-9-11-20(3)21-14-16-28(6)22-12-13-24-27(4,5)26(31)15-17-29(24,7)23(22)18-25(28)30(21,8)32/h10,20-21,24-26,31-32H,9,11-18H2,1-8H3. The first kappa shape index (κ1) is 24.5. The number of fused-ring (bicyclic) bond motifs is 4. The van der Waals surface area contributed by atoms with Crippen molar-refractivity contribution >= 4 is 0 Å². The first-order valence-corrected chi connectivity index (χ1v) is 13.5. The van der Waals surface area contributed by atoms with Gasteiger partial charge in [-0.05, 0) is 113 Å². The largest absolute Gasteiger partial charge is 0.393 e. The molecule has 0 aliphatic heterocycles. The van der Waals surface area contributed by atoms with Crippen LogP contribution in [-0.4, -0.2) is 21.9 Å². The molecule has 0 saturated heterocycles. The maximum atomic E-state index is 12.1. The van der Waals surface area contributed by atoms with Crippen molar-refractivity contribution in [2.24, 2.45) is 39.9 Å². The quantitative estimate of drug-likeness (QED) is 0.444. The molecule has 0 amide bonds. The monoisotopic (exact) mass is 442 g/mol. The van der Waals surface area contributed by atoms with E-state index in [2.05, 4.69) is 61.5 Å². The van der Waals surface area contributed by atoms with E-state index < -0.39 is 5.60 Å². The zero-order valence-electron chi connectivity index (χ0n) is 22.2. The highest BCUT2D eigenvalue weighted by Gasteiger charge is 2.63.